The van der Waals surface area contributed by atoms with Crippen LogP contribution < -0.4 is 10.6 Å². The fourth-order valence-electron chi connectivity index (χ4n) is 2.57. The molecule has 0 bridgehead atoms. The average Bonchev–Trinajstić information content (AvgIpc) is 3.03. The summed E-state index contributed by atoms with van der Waals surface area (Å²) in [6.07, 6.45) is -3.00. The number of rotatable bonds is 5. The second-order valence-electron chi connectivity index (χ2n) is 6.54. The van der Waals surface area contributed by atoms with E-state index in [9.17, 15) is 18.0 Å². The highest BCUT2D eigenvalue weighted by Crippen LogP contribution is 2.22. The van der Waals surface area contributed by atoms with Crippen molar-refractivity contribution in [3.05, 3.63) is 53.9 Å². The Labute approximate surface area is 165 Å². The Balaban J connectivity index is 1.81. The Hall–Kier alpha value is -3.43. The molecule has 0 aliphatic heterocycles. The summed E-state index contributed by atoms with van der Waals surface area (Å²) in [4.78, 5) is 20.7. The van der Waals surface area contributed by atoms with Crippen LogP contribution in [0.1, 0.15) is 23.0 Å². The first kappa shape index (κ1) is 20.3. The molecule has 2 heterocycles. The van der Waals surface area contributed by atoms with Gasteiger partial charge >= 0.3 is 6.18 Å². The number of hydrogen-bond acceptors (Lipinski definition) is 5. The molecule has 7 nitrogen and oxygen atoms in total. The van der Waals surface area contributed by atoms with Crippen LogP contribution in [0.5, 0.6) is 0 Å². The van der Waals surface area contributed by atoms with Gasteiger partial charge in [0.25, 0.3) is 5.91 Å². The Morgan fingerprint density at radius 1 is 1.17 bits per heavy atom. The number of alkyl halides is 3. The number of amides is 1. The largest absolute Gasteiger partial charge is 0.408 e. The number of aromatic nitrogens is 4. The minimum absolute atomic E-state index is 0.0112. The van der Waals surface area contributed by atoms with Gasteiger partial charge in [0.2, 0.25) is 5.95 Å². The molecule has 0 spiro atoms. The summed E-state index contributed by atoms with van der Waals surface area (Å²) in [6.45, 7) is 2.84. The Morgan fingerprint density at radius 2 is 1.93 bits per heavy atom. The van der Waals surface area contributed by atoms with E-state index in [2.05, 4.69) is 20.4 Å². The molecule has 0 radical (unpaired) electrons. The van der Waals surface area contributed by atoms with Gasteiger partial charge in [-0.15, -0.1) is 0 Å². The fourth-order valence-corrected chi connectivity index (χ4v) is 2.57. The number of aryl methyl sites for hydroxylation is 2. The number of nitrogens with one attached hydrogen (secondary N) is 2. The lowest BCUT2D eigenvalue weighted by atomic mass is 10.2. The van der Waals surface area contributed by atoms with Gasteiger partial charge in [-0.25, -0.2) is 9.97 Å². The van der Waals surface area contributed by atoms with Crippen molar-refractivity contribution in [1.82, 2.24) is 25.1 Å². The average molecular weight is 404 g/mol. The van der Waals surface area contributed by atoms with Crippen LogP contribution in [-0.2, 0) is 7.05 Å². The van der Waals surface area contributed by atoms with Gasteiger partial charge in [-0.2, -0.15) is 18.3 Å². The predicted molar refractivity (Wildman–Crippen MR) is 102 cm³/mol. The molecule has 152 valence electrons. The third-order valence-corrected chi connectivity index (χ3v) is 4.14. The Bertz CT molecular complexity index is 1030. The van der Waals surface area contributed by atoms with Gasteiger partial charge < -0.3 is 10.6 Å². The summed E-state index contributed by atoms with van der Waals surface area (Å²) < 4.78 is 39.3. The highest BCUT2D eigenvalue weighted by atomic mass is 19.4. The normalized spacial score (nSPS) is 12.5. The van der Waals surface area contributed by atoms with Crippen LogP contribution in [0.4, 0.5) is 24.8 Å². The molecule has 0 aliphatic carbocycles. The fraction of sp³-hybridized carbons (Fsp3) is 0.263. The van der Waals surface area contributed by atoms with Crippen molar-refractivity contribution < 1.29 is 18.0 Å². The molecule has 1 aromatic carbocycles. The molecule has 0 aliphatic rings. The van der Waals surface area contributed by atoms with Crippen LogP contribution in [0.25, 0.3) is 11.4 Å². The molecular weight excluding hydrogens is 385 g/mol. The molecule has 0 saturated heterocycles. The number of carbonyl (C=O) groups excluding carboxylic acids is 1. The molecule has 3 aromatic rings. The van der Waals surface area contributed by atoms with E-state index in [4.69, 9.17) is 0 Å². The van der Waals surface area contributed by atoms with Crippen molar-refractivity contribution in [2.75, 3.05) is 5.32 Å². The predicted octanol–water partition coefficient (Wildman–Crippen LogP) is 3.61. The Morgan fingerprint density at radius 3 is 2.62 bits per heavy atom. The number of anilines is 2. The van der Waals surface area contributed by atoms with Crippen molar-refractivity contribution >= 4 is 17.5 Å². The van der Waals surface area contributed by atoms with Gasteiger partial charge in [0.05, 0.1) is 5.69 Å². The summed E-state index contributed by atoms with van der Waals surface area (Å²) in [7, 11) is 1.48. The molecule has 3 rings (SSSR count). The van der Waals surface area contributed by atoms with E-state index in [1.54, 1.807) is 6.07 Å². The topological polar surface area (TPSA) is 84.7 Å². The number of halogens is 3. The number of carbonyl (C=O) groups is 1. The number of nitrogens with zero attached hydrogens (tertiary/aromatic N) is 4. The maximum Gasteiger partial charge on any atom is 0.408 e. The molecule has 0 saturated carbocycles. The van der Waals surface area contributed by atoms with Gasteiger partial charge in [-0.05, 0) is 43.7 Å². The Kier molecular flexibility index (Phi) is 5.53. The molecule has 10 heteroatoms. The summed E-state index contributed by atoms with van der Waals surface area (Å²) in [5.41, 5.74) is 2.63. The third-order valence-electron chi connectivity index (χ3n) is 4.14. The van der Waals surface area contributed by atoms with Gasteiger partial charge in [-0.1, -0.05) is 12.1 Å². The number of hydrogen-bond donors (Lipinski definition) is 2. The van der Waals surface area contributed by atoms with Crippen molar-refractivity contribution in [3.8, 4) is 11.4 Å². The molecule has 1 unspecified atom stereocenters. The molecule has 1 atom stereocenters. The lowest BCUT2D eigenvalue weighted by Crippen LogP contribution is -2.43. The summed E-state index contributed by atoms with van der Waals surface area (Å²) in [5, 5.41) is 9.19. The second-order valence-corrected chi connectivity index (χ2v) is 6.54. The third kappa shape index (κ3) is 4.89. The van der Waals surface area contributed by atoms with Crippen LogP contribution >= 0.6 is 0 Å². The lowest BCUT2D eigenvalue weighted by molar-refractivity contribution is -0.149. The smallest absolute Gasteiger partial charge is 0.339 e. The zero-order chi connectivity index (χ0) is 21.2. The van der Waals surface area contributed by atoms with Crippen molar-refractivity contribution in [2.24, 2.45) is 7.05 Å². The second kappa shape index (κ2) is 7.90. The van der Waals surface area contributed by atoms with Crippen molar-refractivity contribution in [3.63, 3.8) is 0 Å². The van der Waals surface area contributed by atoms with Gasteiger partial charge in [0, 0.05) is 18.9 Å². The number of benzene rings is 1. The first-order valence-corrected chi connectivity index (χ1v) is 8.72. The van der Waals surface area contributed by atoms with Crippen molar-refractivity contribution in [1.29, 1.82) is 0 Å². The van der Waals surface area contributed by atoms with Crippen LogP contribution in [0, 0.1) is 6.92 Å². The van der Waals surface area contributed by atoms with Crippen LogP contribution in [-0.4, -0.2) is 37.9 Å². The van der Waals surface area contributed by atoms with E-state index in [1.807, 2.05) is 36.5 Å². The highest BCUT2D eigenvalue weighted by molar-refractivity contribution is 5.93. The zero-order valence-corrected chi connectivity index (χ0v) is 15.9. The van der Waals surface area contributed by atoms with E-state index in [-0.39, 0.29) is 5.69 Å². The summed E-state index contributed by atoms with van der Waals surface area (Å²) in [6, 6.07) is 8.67. The quantitative estimate of drug-likeness (QED) is 0.679. The molecule has 2 N–H and O–H groups in total. The van der Waals surface area contributed by atoms with Crippen molar-refractivity contribution in [2.45, 2.75) is 26.1 Å². The van der Waals surface area contributed by atoms with Crippen LogP contribution in [0.15, 0.2) is 42.6 Å². The lowest BCUT2D eigenvalue weighted by Gasteiger charge is -2.16. The first-order chi connectivity index (χ1) is 13.6. The molecule has 2 aromatic heterocycles. The van der Waals surface area contributed by atoms with Gasteiger partial charge in [0.1, 0.15) is 17.4 Å². The van der Waals surface area contributed by atoms with Crippen LogP contribution in [0.2, 0.25) is 0 Å². The van der Waals surface area contributed by atoms with E-state index in [1.165, 1.54) is 24.0 Å². The summed E-state index contributed by atoms with van der Waals surface area (Å²) >= 11 is 0. The van der Waals surface area contributed by atoms with Gasteiger partial charge in [0.15, 0.2) is 0 Å². The van der Waals surface area contributed by atoms with E-state index < -0.39 is 18.1 Å². The minimum Gasteiger partial charge on any atom is -0.339 e. The minimum atomic E-state index is -4.53. The first-order valence-electron chi connectivity index (χ1n) is 8.72. The molecule has 1 amide bonds. The maximum absolute atomic E-state index is 12.7. The molecule has 0 fully saturated rings. The standard InChI is InChI=1S/C19H19F3N6O/c1-11-5-4-6-13(9-11)25-18-23-8-7-14(26-18)15-10-16(28(3)27-15)17(29)24-12(2)19(20,21)22/h4-10,12H,1-3H3,(H,24,29)(H,23,25,26). The highest BCUT2D eigenvalue weighted by Gasteiger charge is 2.37. The van der Waals surface area contributed by atoms with Crippen LogP contribution in [0.3, 0.4) is 0 Å². The maximum atomic E-state index is 12.7. The van der Waals surface area contributed by atoms with E-state index >= 15 is 0 Å². The zero-order valence-electron chi connectivity index (χ0n) is 15.9. The monoisotopic (exact) mass is 404 g/mol. The summed E-state index contributed by atoms with van der Waals surface area (Å²) in [5.74, 6) is -0.543. The molecule has 29 heavy (non-hydrogen) atoms. The van der Waals surface area contributed by atoms with E-state index in [0.29, 0.717) is 17.3 Å². The van der Waals surface area contributed by atoms with Gasteiger partial charge in [-0.3, -0.25) is 9.48 Å². The SMILES string of the molecule is Cc1cccc(Nc2nccc(-c3cc(C(=O)NC(C)C(F)(F)F)n(C)n3)n2)c1. The van der Waals surface area contributed by atoms with E-state index in [0.717, 1.165) is 18.2 Å². The molecular formula is C19H19F3N6O.